The quantitative estimate of drug-likeness (QED) is 0.695. The van der Waals surface area contributed by atoms with Crippen LogP contribution in [0.25, 0.3) is 0 Å². The van der Waals surface area contributed by atoms with Crippen molar-refractivity contribution in [1.82, 2.24) is 4.90 Å². The van der Waals surface area contributed by atoms with Crippen molar-refractivity contribution in [3.8, 4) is 0 Å². The third-order valence-electron chi connectivity index (χ3n) is 3.32. The van der Waals surface area contributed by atoms with Gasteiger partial charge in [-0.1, -0.05) is 24.3 Å². The van der Waals surface area contributed by atoms with Gasteiger partial charge in [0.15, 0.2) is 11.1 Å². The van der Waals surface area contributed by atoms with Crippen molar-refractivity contribution >= 4 is 22.9 Å². The molecule has 0 spiro atoms. The Hall–Kier alpha value is -2.31. The van der Waals surface area contributed by atoms with Gasteiger partial charge in [0.25, 0.3) is 11.8 Å². The fourth-order valence-corrected chi connectivity index (χ4v) is 2.76. The van der Waals surface area contributed by atoms with Gasteiger partial charge in [0.1, 0.15) is 0 Å². The average molecular weight is 301 g/mol. The zero-order valence-electron chi connectivity index (χ0n) is 10.9. The van der Waals surface area contributed by atoms with Gasteiger partial charge in [-0.2, -0.15) is 0 Å². The maximum atomic E-state index is 12.2. The van der Waals surface area contributed by atoms with Crippen LogP contribution in [0.3, 0.4) is 0 Å². The summed E-state index contributed by atoms with van der Waals surface area (Å²) in [6.07, 6.45) is 0. The molecule has 1 aliphatic rings. The summed E-state index contributed by atoms with van der Waals surface area (Å²) < 4.78 is 20.1. The molecular weight excluding hydrogens is 290 g/mol. The number of carbonyl (C=O) groups excluding carboxylic acids is 2. The molecule has 0 aliphatic carbocycles. The van der Waals surface area contributed by atoms with Crippen LogP contribution >= 0.6 is 0 Å². The smallest absolute Gasteiger partial charge is 0.261 e. The number of rotatable bonds is 3. The Kier molecular flexibility index (Phi) is 3.40. The van der Waals surface area contributed by atoms with Crippen molar-refractivity contribution in [2.45, 2.75) is 11.4 Å². The monoisotopic (exact) mass is 301 g/mol. The lowest BCUT2D eigenvalue weighted by molar-refractivity contribution is 0.0642. The van der Waals surface area contributed by atoms with E-state index in [4.69, 9.17) is 4.55 Å². The van der Waals surface area contributed by atoms with Gasteiger partial charge in [-0.25, -0.2) is 4.21 Å². The molecule has 6 heteroatoms. The molecule has 0 bridgehead atoms. The van der Waals surface area contributed by atoms with Gasteiger partial charge in [0, 0.05) is 0 Å². The highest BCUT2D eigenvalue weighted by Gasteiger charge is 2.34. The summed E-state index contributed by atoms with van der Waals surface area (Å²) in [6, 6.07) is 13.0. The highest BCUT2D eigenvalue weighted by Crippen LogP contribution is 2.24. The van der Waals surface area contributed by atoms with Gasteiger partial charge >= 0.3 is 0 Å². The lowest BCUT2D eigenvalue weighted by Crippen LogP contribution is -2.29. The summed E-state index contributed by atoms with van der Waals surface area (Å²) in [5.41, 5.74) is 1.41. The topological polar surface area (TPSA) is 74.7 Å². The van der Waals surface area contributed by atoms with Gasteiger partial charge in [0.05, 0.1) is 22.6 Å². The van der Waals surface area contributed by atoms with Crippen LogP contribution in [0.2, 0.25) is 0 Å². The zero-order chi connectivity index (χ0) is 15.0. The van der Waals surface area contributed by atoms with E-state index in [-0.39, 0.29) is 23.3 Å². The number of nitrogens with zero attached hydrogens (tertiary/aromatic N) is 1. The Bertz CT molecular complexity index is 737. The van der Waals surface area contributed by atoms with E-state index in [1.54, 1.807) is 36.4 Å². The molecule has 2 amide bonds. The van der Waals surface area contributed by atoms with E-state index in [9.17, 15) is 13.8 Å². The van der Waals surface area contributed by atoms with E-state index in [2.05, 4.69) is 0 Å². The normalized spacial score (nSPS) is 15.2. The Balaban J connectivity index is 1.90. The van der Waals surface area contributed by atoms with Gasteiger partial charge in [0.2, 0.25) is 0 Å². The Morgan fingerprint density at radius 2 is 1.57 bits per heavy atom. The summed E-state index contributed by atoms with van der Waals surface area (Å²) in [5.74, 6) is -0.683. The van der Waals surface area contributed by atoms with Crippen molar-refractivity contribution < 1.29 is 18.4 Å². The minimum absolute atomic E-state index is 0.0807. The number of carbonyl (C=O) groups is 2. The maximum absolute atomic E-state index is 12.2. The summed E-state index contributed by atoms with van der Waals surface area (Å²) in [5, 5.41) is 0. The van der Waals surface area contributed by atoms with Crippen LogP contribution in [0.1, 0.15) is 26.3 Å². The highest BCUT2D eigenvalue weighted by molar-refractivity contribution is 7.79. The fraction of sp³-hybridized carbons (Fsp3) is 0.0667. The maximum Gasteiger partial charge on any atom is 0.261 e. The first kappa shape index (κ1) is 13.7. The van der Waals surface area contributed by atoms with E-state index >= 15 is 0 Å². The largest absolute Gasteiger partial charge is 0.302 e. The Labute approximate surface area is 123 Å². The first-order valence-corrected chi connectivity index (χ1v) is 7.33. The number of amides is 2. The molecule has 1 unspecified atom stereocenters. The van der Waals surface area contributed by atoms with Gasteiger partial charge in [-0.3, -0.25) is 14.5 Å². The van der Waals surface area contributed by atoms with E-state index in [0.29, 0.717) is 16.7 Å². The number of hydrogen-bond donors (Lipinski definition) is 1. The van der Waals surface area contributed by atoms with Crippen LogP contribution in [0.5, 0.6) is 0 Å². The summed E-state index contributed by atoms with van der Waals surface area (Å²) >= 11 is -2.09. The molecule has 1 atom stereocenters. The summed E-state index contributed by atoms with van der Waals surface area (Å²) in [6.45, 7) is 0.0807. The molecule has 2 aromatic carbocycles. The second kappa shape index (κ2) is 5.23. The highest BCUT2D eigenvalue weighted by atomic mass is 32.2. The predicted octanol–water partition coefficient (Wildman–Crippen LogP) is 2.06. The molecule has 0 aromatic heterocycles. The van der Waals surface area contributed by atoms with Crippen LogP contribution in [0.15, 0.2) is 53.4 Å². The molecule has 1 aliphatic heterocycles. The fourth-order valence-electron chi connectivity index (χ4n) is 2.32. The molecule has 0 fully saturated rings. The zero-order valence-corrected chi connectivity index (χ0v) is 11.7. The predicted molar refractivity (Wildman–Crippen MR) is 76.1 cm³/mol. The van der Waals surface area contributed by atoms with E-state index < -0.39 is 11.1 Å². The van der Waals surface area contributed by atoms with Gasteiger partial charge < -0.3 is 4.55 Å². The lowest BCUT2D eigenvalue weighted by atomic mass is 10.1. The molecule has 106 valence electrons. The van der Waals surface area contributed by atoms with E-state index in [1.165, 1.54) is 12.1 Å². The molecule has 5 nitrogen and oxygen atoms in total. The third-order valence-corrected chi connectivity index (χ3v) is 3.98. The van der Waals surface area contributed by atoms with Crippen LogP contribution in [0, 0.1) is 0 Å². The minimum Gasteiger partial charge on any atom is -0.302 e. The number of imide groups is 1. The van der Waals surface area contributed by atoms with Crippen molar-refractivity contribution in [1.29, 1.82) is 0 Å². The third kappa shape index (κ3) is 2.39. The molecule has 3 rings (SSSR count). The van der Waals surface area contributed by atoms with Crippen molar-refractivity contribution in [2.75, 3.05) is 0 Å². The van der Waals surface area contributed by atoms with Crippen LogP contribution in [-0.4, -0.2) is 25.5 Å². The minimum atomic E-state index is -2.09. The molecule has 0 radical (unpaired) electrons. The van der Waals surface area contributed by atoms with E-state index in [1.807, 2.05) is 0 Å². The molecule has 0 saturated carbocycles. The number of hydrogen-bond acceptors (Lipinski definition) is 3. The Morgan fingerprint density at radius 3 is 2.14 bits per heavy atom. The van der Waals surface area contributed by atoms with Crippen LogP contribution in [-0.2, 0) is 17.6 Å². The van der Waals surface area contributed by atoms with Gasteiger partial charge in [-0.05, 0) is 29.8 Å². The molecule has 21 heavy (non-hydrogen) atoms. The number of fused-ring (bicyclic) bond motifs is 1. The number of benzene rings is 2. The molecule has 1 N–H and O–H groups in total. The second-order valence-corrected chi connectivity index (χ2v) is 5.61. The standard InChI is InChI=1S/C15H11NO4S/c17-14-12-6-1-2-7-13(12)15(18)16(14)9-10-4-3-5-11(8-10)21(19)20/h1-8H,9H2,(H,19,20). The molecule has 2 aromatic rings. The SMILES string of the molecule is O=C1c2ccccc2C(=O)N1Cc1cccc(S(=O)O)c1. The molecule has 0 saturated heterocycles. The van der Waals surface area contributed by atoms with Crippen molar-refractivity contribution in [3.05, 3.63) is 65.2 Å². The van der Waals surface area contributed by atoms with Gasteiger partial charge in [-0.15, -0.1) is 0 Å². The van der Waals surface area contributed by atoms with Crippen LogP contribution in [0.4, 0.5) is 0 Å². The summed E-state index contributed by atoms with van der Waals surface area (Å²) in [4.78, 5) is 25.8. The second-order valence-electron chi connectivity index (χ2n) is 4.64. The van der Waals surface area contributed by atoms with Crippen LogP contribution < -0.4 is 0 Å². The molecule has 1 heterocycles. The first-order chi connectivity index (χ1) is 10.1. The lowest BCUT2D eigenvalue weighted by Gasteiger charge is -2.14. The Morgan fingerprint density at radius 1 is 0.952 bits per heavy atom. The molecular formula is C15H11NO4S. The summed E-state index contributed by atoms with van der Waals surface area (Å²) in [7, 11) is 0. The average Bonchev–Trinajstić information content (AvgIpc) is 2.73. The van der Waals surface area contributed by atoms with E-state index in [0.717, 1.165) is 4.90 Å². The van der Waals surface area contributed by atoms with Crippen molar-refractivity contribution in [2.24, 2.45) is 0 Å². The first-order valence-electron chi connectivity index (χ1n) is 6.23. The van der Waals surface area contributed by atoms with Crippen molar-refractivity contribution in [3.63, 3.8) is 0 Å².